The van der Waals surface area contributed by atoms with Crippen molar-refractivity contribution in [3.05, 3.63) is 73.4 Å². The first kappa shape index (κ1) is 19.4. The van der Waals surface area contributed by atoms with Gasteiger partial charge in [-0.25, -0.2) is 4.68 Å². The van der Waals surface area contributed by atoms with Crippen molar-refractivity contribution in [1.29, 1.82) is 0 Å². The van der Waals surface area contributed by atoms with Crippen LogP contribution in [-0.2, 0) is 6.54 Å². The van der Waals surface area contributed by atoms with Crippen LogP contribution in [0.5, 0.6) is 0 Å². The van der Waals surface area contributed by atoms with E-state index in [0.717, 1.165) is 31.9 Å². The molecule has 0 unspecified atom stereocenters. The van der Waals surface area contributed by atoms with Crippen LogP contribution in [0.3, 0.4) is 0 Å². The van der Waals surface area contributed by atoms with Crippen LogP contribution in [0, 0.1) is 0 Å². The van der Waals surface area contributed by atoms with Crippen LogP contribution in [0.25, 0.3) is 0 Å². The fourth-order valence-corrected chi connectivity index (χ4v) is 1.73. The van der Waals surface area contributed by atoms with E-state index >= 15 is 0 Å². The van der Waals surface area contributed by atoms with Gasteiger partial charge in [-0.3, -0.25) is 4.98 Å². The largest absolute Gasteiger partial charge is 0.354 e. The third-order valence-corrected chi connectivity index (χ3v) is 3.10. The lowest BCUT2D eigenvalue weighted by molar-refractivity contribution is 0.565. The van der Waals surface area contributed by atoms with E-state index in [1.54, 1.807) is 18.7 Å². The summed E-state index contributed by atoms with van der Waals surface area (Å²) in [5.41, 5.74) is 1.17. The monoisotopic (exact) mass is 325 g/mol. The van der Waals surface area contributed by atoms with Crippen LogP contribution in [0.15, 0.2) is 73.4 Å². The molecule has 0 saturated carbocycles. The molecule has 3 heterocycles. The van der Waals surface area contributed by atoms with Crippen molar-refractivity contribution in [1.82, 2.24) is 19.7 Å². The van der Waals surface area contributed by atoms with E-state index < -0.39 is 0 Å². The quantitative estimate of drug-likeness (QED) is 0.857. The SMILES string of the molecule is C=C(/C=C\C=C/C)CC.c1ccncc1.c1nc2n(n1)CCCN2. The number of allylic oxidation sites excluding steroid dienone is 5. The summed E-state index contributed by atoms with van der Waals surface area (Å²) < 4.78 is 1.88. The van der Waals surface area contributed by atoms with Crippen molar-refractivity contribution >= 4 is 5.95 Å². The smallest absolute Gasteiger partial charge is 0.221 e. The molecule has 0 bridgehead atoms. The lowest BCUT2D eigenvalue weighted by Crippen LogP contribution is -2.17. The Labute approximate surface area is 144 Å². The summed E-state index contributed by atoms with van der Waals surface area (Å²) in [4.78, 5) is 7.78. The lowest BCUT2D eigenvalue weighted by atomic mass is 10.2. The first-order valence-electron chi connectivity index (χ1n) is 8.21. The molecule has 0 atom stereocenters. The maximum atomic E-state index is 4.00. The number of fused-ring (bicyclic) bond motifs is 1. The summed E-state index contributed by atoms with van der Waals surface area (Å²) in [7, 11) is 0. The minimum Gasteiger partial charge on any atom is -0.354 e. The Morgan fingerprint density at radius 2 is 2.08 bits per heavy atom. The third-order valence-electron chi connectivity index (χ3n) is 3.10. The highest BCUT2D eigenvalue weighted by atomic mass is 15.4. The van der Waals surface area contributed by atoms with E-state index in [2.05, 4.69) is 33.9 Å². The lowest BCUT2D eigenvalue weighted by Gasteiger charge is -2.12. The molecule has 1 aliphatic rings. The summed E-state index contributed by atoms with van der Waals surface area (Å²) in [6.45, 7) is 9.95. The van der Waals surface area contributed by atoms with Gasteiger partial charge in [0.15, 0.2) is 0 Å². The number of aromatic nitrogens is 4. The summed E-state index contributed by atoms with van der Waals surface area (Å²) in [6, 6.07) is 5.72. The molecular formula is C19H27N5. The molecule has 5 nitrogen and oxygen atoms in total. The van der Waals surface area contributed by atoms with E-state index in [4.69, 9.17) is 0 Å². The van der Waals surface area contributed by atoms with Gasteiger partial charge in [-0.15, -0.1) is 0 Å². The number of rotatable bonds is 3. The van der Waals surface area contributed by atoms with Crippen molar-refractivity contribution in [3.63, 3.8) is 0 Å². The Hall–Kier alpha value is -2.69. The van der Waals surface area contributed by atoms with Gasteiger partial charge >= 0.3 is 0 Å². The predicted molar refractivity (Wildman–Crippen MR) is 101 cm³/mol. The zero-order valence-electron chi connectivity index (χ0n) is 14.6. The highest BCUT2D eigenvalue weighted by Gasteiger charge is 2.06. The van der Waals surface area contributed by atoms with Gasteiger partial charge in [0, 0.05) is 25.5 Å². The zero-order valence-corrected chi connectivity index (χ0v) is 14.6. The van der Waals surface area contributed by atoms with Gasteiger partial charge in [0.2, 0.25) is 5.95 Å². The Kier molecular flexibility index (Phi) is 10.3. The maximum Gasteiger partial charge on any atom is 0.221 e. The van der Waals surface area contributed by atoms with Gasteiger partial charge < -0.3 is 5.32 Å². The van der Waals surface area contributed by atoms with Crippen LogP contribution in [0.2, 0.25) is 0 Å². The summed E-state index contributed by atoms with van der Waals surface area (Å²) >= 11 is 0. The summed E-state index contributed by atoms with van der Waals surface area (Å²) in [5, 5.41) is 7.13. The minimum absolute atomic E-state index is 0.904. The van der Waals surface area contributed by atoms with E-state index in [0.29, 0.717) is 0 Å². The van der Waals surface area contributed by atoms with Crippen molar-refractivity contribution in [2.45, 2.75) is 33.2 Å². The van der Waals surface area contributed by atoms with Gasteiger partial charge in [0.25, 0.3) is 0 Å². The van der Waals surface area contributed by atoms with Gasteiger partial charge in [0.05, 0.1) is 0 Å². The zero-order chi connectivity index (χ0) is 17.5. The first-order chi connectivity index (χ1) is 11.8. The van der Waals surface area contributed by atoms with Crippen LogP contribution in [-0.4, -0.2) is 26.3 Å². The topological polar surface area (TPSA) is 55.6 Å². The molecule has 0 aliphatic carbocycles. The molecule has 3 rings (SSSR count). The fraction of sp³-hybridized carbons (Fsp3) is 0.316. The van der Waals surface area contributed by atoms with Gasteiger partial charge in [-0.05, 0) is 31.9 Å². The number of aryl methyl sites for hydroxylation is 1. The molecule has 128 valence electrons. The van der Waals surface area contributed by atoms with E-state index in [9.17, 15) is 0 Å². The van der Waals surface area contributed by atoms with Crippen LogP contribution in [0.4, 0.5) is 5.95 Å². The van der Waals surface area contributed by atoms with Gasteiger partial charge in [-0.2, -0.15) is 10.1 Å². The van der Waals surface area contributed by atoms with E-state index in [1.807, 2.05) is 54.1 Å². The average Bonchev–Trinajstić information content (AvgIpc) is 3.13. The van der Waals surface area contributed by atoms with Crippen LogP contribution >= 0.6 is 0 Å². The Morgan fingerprint density at radius 3 is 2.62 bits per heavy atom. The highest BCUT2D eigenvalue weighted by molar-refractivity contribution is 5.24. The fourth-order valence-electron chi connectivity index (χ4n) is 1.73. The first-order valence-corrected chi connectivity index (χ1v) is 8.21. The molecule has 5 heteroatoms. The summed E-state index contributed by atoms with van der Waals surface area (Å²) in [6.07, 6.45) is 15.3. The second-order valence-corrected chi connectivity index (χ2v) is 5.01. The molecule has 0 aromatic carbocycles. The Morgan fingerprint density at radius 1 is 1.29 bits per heavy atom. The number of nitrogens with zero attached hydrogens (tertiary/aromatic N) is 4. The highest BCUT2D eigenvalue weighted by Crippen LogP contribution is 2.06. The standard InChI is InChI=1S/C9H14.C5H8N4.C5H5N/c1-4-6-7-8-9(3)5-2;1-2-6-5-7-4-8-9(5)3-1;1-2-4-6-5-3-1/h4,6-8H,3,5H2,1-2H3;4H,1-3H2,(H,6,7,8);1-5H/b6-4-,8-7-;;. The molecule has 2 aromatic heterocycles. The molecule has 0 amide bonds. The second-order valence-electron chi connectivity index (χ2n) is 5.01. The number of hydrogen-bond acceptors (Lipinski definition) is 4. The normalized spacial score (nSPS) is 12.4. The van der Waals surface area contributed by atoms with Crippen molar-refractivity contribution in [2.75, 3.05) is 11.9 Å². The molecule has 2 aromatic rings. The number of nitrogens with one attached hydrogen (secondary N) is 1. The molecule has 1 N–H and O–H groups in total. The average molecular weight is 325 g/mol. The molecular weight excluding hydrogens is 298 g/mol. The summed E-state index contributed by atoms with van der Waals surface area (Å²) in [5.74, 6) is 0.904. The van der Waals surface area contributed by atoms with E-state index in [-0.39, 0.29) is 0 Å². The number of hydrogen-bond donors (Lipinski definition) is 1. The third kappa shape index (κ3) is 8.68. The molecule has 1 aliphatic heterocycles. The minimum atomic E-state index is 0.904. The maximum absolute atomic E-state index is 4.00. The Bertz CT molecular complexity index is 566. The molecule has 0 fully saturated rings. The molecule has 0 saturated heterocycles. The van der Waals surface area contributed by atoms with Crippen LogP contribution < -0.4 is 5.32 Å². The second kappa shape index (κ2) is 12.8. The van der Waals surface area contributed by atoms with Crippen molar-refractivity contribution < 1.29 is 0 Å². The van der Waals surface area contributed by atoms with Gasteiger partial charge in [0.1, 0.15) is 6.33 Å². The van der Waals surface area contributed by atoms with Gasteiger partial charge in [-0.1, -0.05) is 49.4 Å². The van der Waals surface area contributed by atoms with Crippen molar-refractivity contribution in [3.8, 4) is 0 Å². The predicted octanol–water partition coefficient (Wildman–Crippen LogP) is 4.26. The van der Waals surface area contributed by atoms with Crippen molar-refractivity contribution in [2.24, 2.45) is 0 Å². The molecule has 0 spiro atoms. The van der Waals surface area contributed by atoms with E-state index in [1.165, 1.54) is 5.57 Å². The number of anilines is 1. The number of pyridine rings is 1. The Balaban J connectivity index is 0.000000184. The molecule has 0 radical (unpaired) electrons. The van der Waals surface area contributed by atoms with Crippen LogP contribution in [0.1, 0.15) is 26.7 Å². The molecule has 24 heavy (non-hydrogen) atoms.